The van der Waals surface area contributed by atoms with Crippen molar-refractivity contribution in [3.8, 4) is 17.2 Å². The molecule has 0 radical (unpaired) electrons. The van der Waals surface area contributed by atoms with Crippen LogP contribution >= 0.6 is 0 Å². The van der Waals surface area contributed by atoms with Crippen molar-refractivity contribution in [3.63, 3.8) is 0 Å². The van der Waals surface area contributed by atoms with Crippen LogP contribution < -0.4 is 0 Å². The molecule has 0 aromatic heterocycles. The van der Waals surface area contributed by atoms with Crippen LogP contribution in [0.3, 0.4) is 0 Å². The molecule has 17 heavy (non-hydrogen) atoms. The molecule has 0 unspecified atom stereocenters. The lowest BCUT2D eigenvalue weighted by molar-refractivity contribution is 0.585. The van der Waals surface area contributed by atoms with Gasteiger partial charge in [0, 0.05) is 11.6 Å². The van der Waals surface area contributed by atoms with Gasteiger partial charge in [-0.05, 0) is 23.3 Å². The summed E-state index contributed by atoms with van der Waals surface area (Å²) in [6.45, 7) is 0. The Hall–Kier alpha value is -2.21. The highest BCUT2D eigenvalue weighted by atomic mass is 19.1. The molecule has 0 N–H and O–H groups in total. The molecule has 0 aliphatic carbocycles. The van der Waals surface area contributed by atoms with Crippen molar-refractivity contribution in [1.29, 1.82) is 5.26 Å². The van der Waals surface area contributed by atoms with Gasteiger partial charge in [-0.3, -0.25) is 0 Å². The molecule has 0 aliphatic rings. The molecule has 0 saturated heterocycles. The lowest BCUT2D eigenvalue weighted by atomic mass is 9.97. The molecule has 0 saturated carbocycles. The molecule has 0 bridgehead atoms. The number of halogens is 2. The molecule has 0 spiro atoms. The largest absolute Gasteiger partial charge is 0.207 e. The smallest absolute Gasteiger partial charge is 0.133 e. The molecule has 0 fully saturated rings. The van der Waals surface area contributed by atoms with Gasteiger partial charge in [-0.1, -0.05) is 24.3 Å². The Balaban J connectivity index is 2.57. The third-order valence-corrected chi connectivity index (χ3v) is 2.51. The topological polar surface area (TPSA) is 23.8 Å². The first kappa shape index (κ1) is 11.3. The van der Waals surface area contributed by atoms with E-state index in [1.807, 2.05) is 6.07 Å². The molecule has 2 rings (SSSR count). The zero-order valence-corrected chi connectivity index (χ0v) is 8.95. The van der Waals surface area contributed by atoms with E-state index in [2.05, 4.69) is 0 Å². The number of benzene rings is 2. The van der Waals surface area contributed by atoms with Crippen molar-refractivity contribution >= 4 is 0 Å². The summed E-state index contributed by atoms with van der Waals surface area (Å²) in [6.07, 6.45) is 0.201. The van der Waals surface area contributed by atoms with Crippen molar-refractivity contribution in [2.75, 3.05) is 0 Å². The van der Waals surface area contributed by atoms with E-state index in [0.29, 0.717) is 11.1 Å². The standard InChI is InChI=1S/C14H9F2N/c15-11-5-6-13(14(16)9-11)12-4-2-1-3-10(12)7-8-17/h1-6,9H,7H2. The molecule has 0 aliphatic heterocycles. The molecule has 2 aromatic carbocycles. The highest BCUT2D eigenvalue weighted by Crippen LogP contribution is 2.27. The summed E-state index contributed by atoms with van der Waals surface area (Å²) in [5.41, 5.74) is 1.68. The van der Waals surface area contributed by atoms with Gasteiger partial charge in [0.05, 0.1) is 12.5 Å². The van der Waals surface area contributed by atoms with Crippen molar-refractivity contribution in [2.24, 2.45) is 0 Å². The van der Waals surface area contributed by atoms with Crippen LogP contribution in [0, 0.1) is 23.0 Å². The second-order valence-corrected chi connectivity index (χ2v) is 3.62. The van der Waals surface area contributed by atoms with E-state index >= 15 is 0 Å². The van der Waals surface area contributed by atoms with Crippen LogP contribution in [-0.2, 0) is 6.42 Å². The normalized spacial score (nSPS) is 9.94. The van der Waals surface area contributed by atoms with Crippen LogP contribution in [0.25, 0.3) is 11.1 Å². The Labute approximate surface area is 97.9 Å². The molecule has 0 atom stereocenters. The third-order valence-electron chi connectivity index (χ3n) is 2.51. The van der Waals surface area contributed by atoms with Gasteiger partial charge in [-0.15, -0.1) is 0 Å². The van der Waals surface area contributed by atoms with Crippen molar-refractivity contribution in [3.05, 3.63) is 59.7 Å². The Bertz CT molecular complexity index is 585. The highest BCUT2D eigenvalue weighted by Gasteiger charge is 2.09. The summed E-state index contributed by atoms with van der Waals surface area (Å²) < 4.78 is 26.5. The molecule has 84 valence electrons. The van der Waals surface area contributed by atoms with E-state index in [-0.39, 0.29) is 6.42 Å². The summed E-state index contributed by atoms with van der Waals surface area (Å²) in [7, 11) is 0. The van der Waals surface area contributed by atoms with Gasteiger partial charge in [-0.25, -0.2) is 8.78 Å². The van der Waals surface area contributed by atoms with Gasteiger partial charge < -0.3 is 0 Å². The first-order valence-corrected chi connectivity index (χ1v) is 5.12. The van der Waals surface area contributed by atoms with Crippen LogP contribution in [0.15, 0.2) is 42.5 Å². The maximum atomic E-state index is 13.6. The van der Waals surface area contributed by atoms with E-state index in [0.717, 1.165) is 11.6 Å². The number of nitriles is 1. The number of rotatable bonds is 2. The van der Waals surface area contributed by atoms with Crippen molar-refractivity contribution in [1.82, 2.24) is 0 Å². The minimum Gasteiger partial charge on any atom is -0.207 e. The fourth-order valence-electron chi connectivity index (χ4n) is 1.73. The van der Waals surface area contributed by atoms with Gasteiger partial charge in [0.1, 0.15) is 11.6 Å². The monoisotopic (exact) mass is 229 g/mol. The Morgan fingerprint density at radius 1 is 1.00 bits per heavy atom. The van der Waals surface area contributed by atoms with Crippen LogP contribution in [0.4, 0.5) is 8.78 Å². The molecule has 0 amide bonds. The van der Waals surface area contributed by atoms with Crippen LogP contribution in [0.1, 0.15) is 5.56 Å². The van der Waals surface area contributed by atoms with Gasteiger partial charge in [-0.2, -0.15) is 5.26 Å². The minimum atomic E-state index is -0.615. The van der Waals surface area contributed by atoms with Gasteiger partial charge in [0.15, 0.2) is 0 Å². The molecule has 0 heterocycles. The van der Waals surface area contributed by atoms with Crippen molar-refractivity contribution < 1.29 is 8.78 Å². The van der Waals surface area contributed by atoms with Crippen molar-refractivity contribution in [2.45, 2.75) is 6.42 Å². The molecule has 3 heteroatoms. The average Bonchev–Trinajstić information content (AvgIpc) is 2.31. The van der Waals surface area contributed by atoms with Gasteiger partial charge in [0.25, 0.3) is 0 Å². The van der Waals surface area contributed by atoms with E-state index < -0.39 is 11.6 Å². The molecule has 1 nitrogen and oxygen atoms in total. The second kappa shape index (κ2) is 4.75. The molecular weight excluding hydrogens is 220 g/mol. The third kappa shape index (κ3) is 2.31. The molecule has 2 aromatic rings. The van der Waals surface area contributed by atoms with E-state index in [9.17, 15) is 8.78 Å². The Kier molecular flexibility index (Phi) is 3.15. The first-order chi connectivity index (χ1) is 8.22. The zero-order valence-electron chi connectivity index (χ0n) is 8.95. The van der Waals surface area contributed by atoms with E-state index in [1.165, 1.54) is 12.1 Å². The maximum absolute atomic E-state index is 13.6. The first-order valence-electron chi connectivity index (χ1n) is 5.12. The minimum absolute atomic E-state index is 0.201. The maximum Gasteiger partial charge on any atom is 0.133 e. The number of nitrogens with zero attached hydrogens (tertiary/aromatic N) is 1. The fraction of sp³-hybridized carbons (Fsp3) is 0.0714. The fourth-order valence-corrected chi connectivity index (χ4v) is 1.73. The van der Waals surface area contributed by atoms with E-state index in [4.69, 9.17) is 5.26 Å². The summed E-state index contributed by atoms with van der Waals surface area (Å²) in [6, 6.07) is 12.5. The highest BCUT2D eigenvalue weighted by molar-refractivity contribution is 5.68. The quantitative estimate of drug-likeness (QED) is 0.770. The SMILES string of the molecule is N#CCc1ccccc1-c1ccc(F)cc1F. The lowest BCUT2D eigenvalue weighted by Gasteiger charge is -2.07. The van der Waals surface area contributed by atoms with Gasteiger partial charge in [0.2, 0.25) is 0 Å². The van der Waals surface area contributed by atoms with Crippen LogP contribution in [0.2, 0.25) is 0 Å². The predicted molar refractivity (Wildman–Crippen MR) is 61.1 cm³/mol. The Morgan fingerprint density at radius 3 is 2.47 bits per heavy atom. The van der Waals surface area contributed by atoms with E-state index in [1.54, 1.807) is 24.3 Å². The van der Waals surface area contributed by atoms with Gasteiger partial charge >= 0.3 is 0 Å². The predicted octanol–water partition coefficient (Wildman–Crippen LogP) is 3.70. The summed E-state index contributed by atoms with van der Waals surface area (Å²) >= 11 is 0. The summed E-state index contributed by atoms with van der Waals surface area (Å²) in [5.74, 6) is -1.22. The zero-order chi connectivity index (χ0) is 12.3. The number of hydrogen-bond donors (Lipinski definition) is 0. The second-order valence-electron chi connectivity index (χ2n) is 3.62. The lowest BCUT2D eigenvalue weighted by Crippen LogP contribution is -1.91. The number of hydrogen-bond acceptors (Lipinski definition) is 1. The Morgan fingerprint density at radius 2 is 1.76 bits per heavy atom. The summed E-state index contributed by atoms with van der Waals surface area (Å²) in [5, 5.41) is 8.70. The van der Waals surface area contributed by atoms with Crippen LogP contribution in [0.5, 0.6) is 0 Å². The van der Waals surface area contributed by atoms with Crippen LogP contribution in [-0.4, -0.2) is 0 Å². The average molecular weight is 229 g/mol. The summed E-state index contributed by atoms with van der Waals surface area (Å²) in [4.78, 5) is 0. The molecular formula is C14H9F2N.